The molecule has 0 aliphatic carbocycles. The Hall–Kier alpha value is -3.57. The highest BCUT2D eigenvalue weighted by molar-refractivity contribution is 7.98. The Labute approximate surface area is 203 Å². The lowest BCUT2D eigenvalue weighted by Gasteiger charge is -2.13. The average Bonchev–Trinajstić information content (AvgIpc) is 3.52. The van der Waals surface area contributed by atoms with Crippen LogP contribution in [0.3, 0.4) is 0 Å². The molecule has 0 aliphatic rings. The molecule has 1 N–H and O–H groups in total. The van der Waals surface area contributed by atoms with E-state index in [4.69, 9.17) is 9.15 Å². The summed E-state index contributed by atoms with van der Waals surface area (Å²) in [5, 5.41) is 11.5. The van der Waals surface area contributed by atoms with E-state index in [0.717, 1.165) is 17.7 Å². The lowest BCUT2D eigenvalue weighted by Crippen LogP contribution is -2.27. The molecular formula is C24H21F3N4O3S. The molecule has 35 heavy (non-hydrogen) atoms. The van der Waals surface area contributed by atoms with Crippen molar-refractivity contribution in [1.82, 2.24) is 20.1 Å². The van der Waals surface area contributed by atoms with Crippen molar-refractivity contribution in [3.8, 4) is 17.3 Å². The molecule has 2 heterocycles. The maximum Gasteiger partial charge on any atom is 0.416 e. The molecule has 4 aromatic rings. The summed E-state index contributed by atoms with van der Waals surface area (Å²) in [4.78, 5) is 12.6. The first-order valence-corrected chi connectivity index (χ1v) is 11.5. The number of carbonyl (C=O) groups is 1. The van der Waals surface area contributed by atoms with Crippen LogP contribution in [0, 0.1) is 0 Å². The number of furan rings is 1. The van der Waals surface area contributed by atoms with Crippen LogP contribution < -0.4 is 5.32 Å². The Bertz CT molecular complexity index is 1290. The second-order valence-corrected chi connectivity index (χ2v) is 8.30. The molecule has 0 radical (unpaired) electrons. The first-order chi connectivity index (χ1) is 16.9. The second-order valence-electron chi connectivity index (χ2n) is 7.36. The fourth-order valence-electron chi connectivity index (χ4n) is 3.35. The minimum atomic E-state index is -4.50. The number of thioether (sulfide) groups is 1. The van der Waals surface area contributed by atoms with E-state index < -0.39 is 11.7 Å². The average molecular weight is 503 g/mol. The number of hydrogen-bond acceptors (Lipinski definition) is 6. The van der Waals surface area contributed by atoms with E-state index in [0.29, 0.717) is 35.4 Å². The number of carbonyl (C=O) groups excluding carboxylic acids is 1. The third kappa shape index (κ3) is 5.75. The molecule has 0 unspecified atom stereocenters. The normalized spacial score (nSPS) is 11.5. The van der Waals surface area contributed by atoms with E-state index in [2.05, 4.69) is 15.5 Å². The largest absolute Gasteiger partial charge is 0.461 e. The van der Waals surface area contributed by atoms with E-state index in [1.54, 1.807) is 37.4 Å². The molecule has 0 saturated heterocycles. The zero-order chi connectivity index (χ0) is 24.8. The molecule has 11 heteroatoms. The Morgan fingerprint density at radius 1 is 1.11 bits per heavy atom. The predicted octanol–water partition coefficient (Wildman–Crippen LogP) is 5.21. The molecule has 182 valence electrons. The summed E-state index contributed by atoms with van der Waals surface area (Å²) in [5.41, 5.74) is 0.686. The standard InChI is InChI=1S/C24H21F3N4O3S/c1-33-13-11-28-22(32)19-9-3-2-6-16(19)15-35-23-30-29-21(20-10-5-12-34-20)31(23)18-8-4-7-17(14-18)24(25,26)27/h2-10,12,14H,11,13,15H2,1H3,(H,28,32). The number of benzene rings is 2. The zero-order valence-electron chi connectivity index (χ0n) is 18.6. The maximum absolute atomic E-state index is 13.4. The van der Waals surface area contributed by atoms with Crippen LogP contribution in [0.15, 0.2) is 76.5 Å². The third-order valence-electron chi connectivity index (χ3n) is 5.02. The topological polar surface area (TPSA) is 82.2 Å². The Balaban J connectivity index is 1.66. The van der Waals surface area contributed by atoms with Gasteiger partial charge >= 0.3 is 6.18 Å². The molecule has 7 nitrogen and oxygen atoms in total. The number of aromatic nitrogens is 3. The molecule has 0 fully saturated rings. The van der Waals surface area contributed by atoms with E-state index in [-0.39, 0.29) is 17.4 Å². The summed E-state index contributed by atoms with van der Waals surface area (Å²) in [6.45, 7) is 0.755. The summed E-state index contributed by atoms with van der Waals surface area (Å²) < 4.78 is 52.0. The van der Waals surface area contributed by atoms with E-state index in [9.17, 15) is 18.0 Å². The fourth-order valence-corrected chi connectivity index (χ4v) is 4.31. The molecule has 0 spiro atoms. The minimum Gasteiger partial charge on any atom is -0.461 e. The van der Waals surface area contributed by atoms with Crippen LogP contribution in [-0.2, 0) is 16.7 Å². The van der Waals surface area contributed by atoms with Gasteiger partial charge in [-0.05, 0) is 42.0 Å². The number of ether oxygens (including phenoxy) is 1. The molecule has 2 aromatic heterocycles. The van der Waals surface area contributed by atoms with Gasteiger partial charge in [-0.3, -0.25) is 9.36 Å². The molecule has 0 atom stereocenters. The second kappa shape index (κ2) is 10.8. The van der Waals surface area contributed by atoms with Crippen LogP contribution >= 0.6 is 11.8 Å². The molecule has 1 amide bonds. The number of nitrogens with zero attached hydrogens (tertiary/aromatic N) is 3. The first kappa shape index (κ1) is 24.6. The number of amides is 1. The van der Waals surface area contributed by atoms with Crippen LogP contribution in [0.25, 0.3) is 17.3 Å². The number of methoxy groups -OCH3 is 1. The van der Waals surface area contributed by atoms with Crippen molar-refractivity contribution >= 4 is 17.7 Å². The zero-order valence-corrected chi connectivity index (χ0v) is 19.4. The van der Waals surface area contributed by atoms with Crippen molar-refractivity contribution in [2.24, 2.45) is 0 Å². The Morgan fingerprint density at radius 2 is 1.94 bits per heavy atom. The fraction of sp³-hybridized carbons (Fsp3) is 0.208. The van der Waals surface area contributed by atoms with Gasteiger partial charge in [-0.2, -0.15) is 13.2 Å². The van der Waals surface area contributed by atoms with E-state index in [1.807, 2.05) is 12.1 Å². The van der Waals surface area contributed by atoms with Gasteiger partial charge in [-0.1, -0.05) is 36.0 Å². The van der Waals surface area contributed by atoms with Crippen LogP contribution in [0.5, 0.6) is 0 Å². The van der Waals surface area contributed by atoms with Gasteiger partial charge in [0.2, 0.25) is 5.82 Å². The number of halogens is 3. The summed E-state index contributed by atoms with van der Waals surface area (Å²) in [5.74, 6) is 0.722. The highest BCUT2D eigenvalue weighted by Gasteiger charge is 2.31. The molecule has 0 aliphatic heterocycles. The van der Waals surface area contributed by atoms with Gasteiger partial charge in [-0.15, -0.1) is 10.2 Å². The van der Waals surface area contributed by atoms with Gasteiger partial charge in [0, 0.05) is 25.0 Å². The van der Waals surface area contributed by atoms with Gasteiger partial charge in [-0.25, -0.2) is 0 Å². The quantitative estimate of drug-likeness (QED) is 0.250. The van der Waals surface area contributed by atoms with Gasteiger partial charge in [0.1, 0.15) is 0 Å². The lowest BCUT2D eigenvalue weighted by molar-refractivity contribution is -0.137. The van der Waals surface area contributed by atoms with E-state index in [1.165, 1.54) is 28.7 Å². The van der Waals surface area contributed by atoms with Crippen LogP contribution in [0.1, 0.15) is 21.5 Å². The van der Waals surface area contributed by atoms with Crippen molar-refractivity contribution in [2.75, 3.05) is 20.3 Å². The SMILES string of the molecule is COCCNC(=O)c1ccccc1CSc1nnc(-c2ccco2)n1-c1cccc(C(F)(F)F)c1. The van der Waals surface area contributed by atoms with Crippen molar-refractivity contribution in [3.05, 3.63) is 83.6 Å². The van der Waals surface area contributed by atoms with Crippen molar-refractivity contribution in [3.63, 3.8) is 0 Å². The smallest absolute Gasteiger partial charge is 0.416 e. The van der Waals surface area contributed by atoms with Crippen molar-refractivity contribution in [1.29, 1.82) is 0 Å². The lowest BCUT2D eigenvalue weighted by atomic mass is 10.1. The predicted molar refractivity (Wildman–Crippen MR) is 124 cm³/mol. The van der Waals surface area contributed by atoms with Crippen LogP contribution in [-0.4, -0.2) is 40.9 Å². The summed E-state index contributed by atoms with van der Waals surface area (Å²) in [6.07, 6.45) is -3.05. The molecular weight excluding hydrogens is 481 g/mol. The van der Waals surface area contributed by atoms with Crippen LogP contribution in [0.4, 0.5) is 13.2 Å². The van der Waals surface area contributed by atoms with Gasteiger partial charge < -0.3 is 14.5 Å². The Kier molecular flexibility index (Phi) is 7.57. The monoisotopic (exact) mass is 502 g/mol. The number of rotatable bonds is 9. The van der Waals surface area contributed by atoms with Gasteiger partial charge in [0.15, 0.2) is 10.9 Å². The number of hydrogen-bond donors (Lipinski definition) is 1. The molecule has 0 saturated carbocycles. The molecule has 2 aromatic carbocycles. The number of alkyl halides is 3. The van der Waals surface area contributed by atoms with Gasteiger partial charge in [0.25, 0.3) is 5.91 Å². The van der Waals surface area contributed by atoms with E-state index >= 15 is 0 Å². The highest BCUT2D eigenvalue weighted by Crippen LogP contribution is 2.34. The van der Waals surface area contributed by atoms with Crippen molar-refractivity contribution in [2.45, 2.75) is 17.1 Å². The first-order valence-electron chi connectivity index (χ1n) is 10.5. The van der Waals surface area contributed by atoms with Crippen molar-refractivity contribution < 1.29 is 27.1 Å². The highest BCUT2D eigenvalue weighted by atomic mass is 32.2. The minimum absolute atomic E-state index is 0.240. The third-order valence-corrected chi connectivity index (χ3v) is 5.99. The van der Waals surface area contributed by atoms with Crippen LogP contribution in [0.2, 0.25) is 0 Å². The van der Waals surface area contributed by atoms with Gasteiger partial charge in [0.05, 0.1) is 24.1 Å². The summed E-state index contributed by atoms with van der Waals surface area (Å²) in [7, 11) is 1.55. The molecule has 0 bridgehead atoms. The number of nitrogens with one attached hydrogen (secondary N) is 1. The summed E-state index contributed by atoms with van der Waals surface area (Å²) in [6, 6.07) is 15.3. The Morgan fingerprint density at radius 3 is 2.69 bits per heavy atom. The molecule has 4 rings (SSSR count). The summed E-state index contributed by atoms with van der Waals surface area (Å²) >= 11 is 1.25. The maximum atomic E-state index is 13.4.